The van der Waals surface area contributed by atoms with Gasteiger partial charge in [-0.1, -0.05) is 11.6 Å². The van der Waals surface area contributed by atoms with E-state index in [1.54, 1.807) is 12.3 Å². The van der Waals surface area contributed by atoms with E-state index in [4.69, 9.17) is 23.2 Å². The molecule has 0 radical (unpaired) electrons. The fourth-order valence-electron chi connectivity index (χ4n) is 2.12. The first-order chi connectivity index (χ1) is 10.2. The van der Waals surface area contributed by atoms with Gasteiger partial charge in [0.05, 0.1) is 5.02 Å². The van der Waals surface area contributed by atoms with Gasteiger partial charge in [-0.05, 0) is 54.8 Å². The van der Waals surface area contributed by atoms with Crippen molar-refractivity contribution in [1.29, 1.82) is 0 Å². The second kappa shape index (κ2) is 6.77. The standard InChI is InChI=1S/C13H13Cl2N5S/c14-9-4-5-10(16-8-9)21-13-18-11(15)17-12(19-13)20-6-2-1-3-7-20/h4-5,8H,1-3,6-7H2. The Morgan fingerprint density at radius 1 is 1.00 bits per heavy atom. The molecule has 2 aromatic rings. The summed E-state index contributed by atoms with van der Waals surface area (Å²) in [5.41, 5.74) is 0. The van der Waals surface area contributed by atoms with Gasteiger partial charge in [-0.25, -0.2) is 4.98 Å². The van der Waals surface area contributed by atoms with Crippen LogP contribution in [-0.4, -0.2) is 33.0 Å². The molecule has 0 unspecified atom stereocenters. The van der Waals surface area contributed by atoms with Crippen LogP contribution in [0.5, 0.6) is 0 Å². The van der Waals surface area contributed by atoms with Crippen LogP contribution in [0.25, 0.3) is 0 Å². The molecule has 0 spiro atoms. The van der Waals surface area contributed by atoms with E-state index in [1.807, 2.05) is 6.07 Å². The van der Waals surface area contributed by atoms with Crippen LogP contribution in [0.15, 0.2) is 28.5 Å². The van der Waals surface area contributed by atoms with Gasteiger partial charge in [0.25, 0.3) is 0 Å². The van der Waals surface area contributed by atoms with Crippen molar-refractivity contribution in [3.8, 4) is 0 Å². The third kappa shape index (κ3) is 3.96. The SMILES string of the molecule is Clc1ccc(Sc2nc(Cl)nc(N3CCCCC3)n2)nc1. The number of rotatable bonds is 3. The lowest BCUT2D eigenvalue weighted by Crippen LogP contribution is -2.31. The van der Waals surface area contributed by atoms with E-state index >= 15 is 0 Å². The van der Waals surface area contributed by atoms with Crippen LogP contribution in [0.3, 0.4) is 0 Å². The topological polar surface area (TPSA) is 54.8 Å². The van der Waals surface area contributed by atoms with Crippen LogP contribution in [0, 0.1) is 0 Å². The van der Waals surface area contributed by atoms with E-state index in [1.165, 1.54) is 18.2 Å². The Labute approximate surface area is 137 Å². The summed E-state index contributed by atoms with van der Waals surface area (Å²) in [6.45, 7) is 1.92. The van der Waals surface area contributed by atoms with Crippen molar-refractivity contribution in [2.75, 3.05) is 18.0 Å². The molecule has 0 atom stereocenters. The summed E-state index contributed by atoms with van der Waals surface area (Å²) in [5.74, 6) is 0.645. The van der Waals surface area contributed by atoms with Crippen LogP contribution in [0.1, 0.15) is 19.3 Å². The zero-order valence-electron chi connectivity index (χ0n) is 11.2. The highest BCUT2D eigenvalue weighted by molar-refractivity contribution is 7.99. The van der Waals surface area contributed by atoms with Gasteiger partial charge < -0.3 is 4.90 Å². The Bertz CT molecular complexity index is 616. The second-order valence-electron chi connectivity index (χ2n) is 4.65. The van der Waals surface area contributed by atoms with Crippen LogP contribution in [0.4, 0.5) is 5.95 Å². The number of pyridine rings is 1. The quantitative estimate of drug-likeness (QED) is 0.847. The van der Waals surface area contributed by atoms with E-state index in [2.05, 4.69) is 24.8 Å². The lowest BCUT2D eigenvalue weighted by atomic mass is 10.1. The molecular weight excluding hydrogens is 329 g/mol. The molecule has 0 N–H and O–H groups in total. The molecule has 3 heterocycles. The van der Waals surface area contributed by atoms with Crippen molar-refractivity contribution in [2.24, 2.45) is 0 Å². The third-order valence-electron chi connectivity index (χ3n) is 3.11. The zero-order valence-corrected chi connectivity index (χ0v) is 13.5. The largest absolute Gasteiger partial charge is 0.341 e. The summed E-state index contributed by atoms with van der Waals surface area (Å²) >= 11 is 13.2. The summed E-state index contributed by atoms with van der Waals surface area (Å²) in [6.07, 6.45) is 5.17. The molecule has 5 nitrogen and oxygen atoms in total. The number of piperidine rings is 1. The first kappa shape index (κ1) is 14.8. The molecule has 1 aliphatic heterocycles. The first-order valence-electron chi connectivity index (χ1n) is 6.67. The fraction of sp³-hybridized carbons (Fsp3) is 0.385. The van der Waals surface area contributed by atoms with Crippen molar-refractivity contribution < 1.29 is 0 Å². The van der Waals surface area contributed by atoms with Crippen molar-refractivity contribution >= 4 is 40.9 Å². The minimum Gasteiger partial charge on any atom is -0.341 e. The number of hydrogen-bond acceptors (Lipinski definition) is 6. The van der Waals surface area contributed by atoms with Crippen molar-refractivity contribution in [2.45, 2.75) is 29.4 Å². The second-order valence-corrected chi connectivity index (χ2v) is 6.41. The van der Waals surface area contributed by atoms with E-state index in [0.29, 0.717) is 16.1 Å². The van der Waals surface area contributed by atoms with Crippen molar-refractivity contribution in [3.63, 3.8) is 0 Å². The van der Waals surface area contributed by atoms with Gasteiger partial charge in [0, 0.05) is 19.3 Å². The lowest BCUT2D eigenvalue weighted by molar-refractivity contribution is 0.564. The molecule has 0 bridgehead atoms. The van der Waals surface area contributed by atoms with Gasteiger partial charge in [-0.3, -0.25) is 0 Å². The summed E-state index contributed by atoms with van der Waals surface area (Å²) in [6, 6.07) is 3.61. The Morgan fingerprint density at radius 3 is 2.52 bits per heavy atom. The highest BCUT2D eigenvalue weighted by Gasteiger charge is 2.16. The Hall–Kier alpha value is -1.11. The molecule has 0 amide bonds. The van der Waals surface area contributed by atoms with E-state index < -0.39 is 0 Å². The molecule has 2 aromatic heterocycles. The number of hydrogen-bond donors (Lipinski definition) is 0. The minimum absolute atomic E-state index is 0.210. The molecule has 21 heavy (non-hydrogen) atoms. The summed E-state index contributed by atoms with van der Waals surface area (Å²) < 4.78 is 0. The lowest BCUT2D eigenvalue weighted by Gasteiger charge is -2.26. The van der Waals surface area contributed by atoms with Gasteiger partial charge in [0.2, 0.25) is 11.2 Å². The molecule has 110 valence electrons. The average molecular weight is 342 g/mol. The molecule has 1 fully saturated rings. The Kier molecular flexibility index (Phi) is 4.77. The predicted molar refractivity (Wildman–Crippen MR) is 84.3 cm³/mol. The molecule has 1 saturated heterocycles. The monoisotopic (exact) mass is 341 g/mol. The van der Waals surface area contributed by atoms with Gasteiger partial charge in [-0.2, -0.15) is 15.0 Å². The van der Waals surface area contributed by atoms with E-state index in [0.717, 1.165) is 31.0 Å². The fourth-order valence-corrected chi connectivity index (χ4v) is 3.12. The highest BCUT2D eigenvalue weighted by atomic mass is 35.5. The molecule has 8 heteroatoms. The average Bonchev–Trinajstić information content (AvgIpc) is 2.50. The van der Waals surface area contributed by atoms with Crippen LogP contribution >= 0.6 is 35.0 Å². The normalized spacial score (nSPS) is 15.2. The minimum atomic E-state index is 0.210. The molecule has 0 aliphatic carbocycles. The zero-order chi connectivity index (χ0) is 14.7. The molecule has 0 aromatic carbocycles. The Morgan fingerprint density at radius 2 is 1.81 bits per heavy atom. The van der Waals surface area contributed by atoms with Crippen molar-refractivity contribution in [3.05, 3.63) is 28.6 Å². The molecule has 1 aliphatic rings. The maximum atomic E-state index is 6.02. The smallest absolute Gasteiger partial charge is 0.230 e. The van der Waals surface area contributed by atoms with E-state index in [9.17, 15) is 0 Å². The number of aromatic nitrogens is 4. The van der Waals surface area contributed by atoms with Gasteiger partial charge in [-0.15, -0.1) is 0 Å². The van der Waals surface area contributed by atoms with Gasteiger partial charge >= 0.3 is 0 Å². The van der Waals surface area contributed by atoms with Crippen LogP contribution in [-0.2, 0) is 0 Å². The molecule has 3 rings (SSSR count). The molecule has 0 saturated carbocycles. The summed E-state index contributed by atoms with van der Waals surface area (Å²) in [4.78, 5) is 19.2. The third-order valence-corrected chi connectivity index (χ3v) is 4.32. The highest BCUT2D eigenvalue weighted by Crippen LogP contribution is 2.26. The predicted octanol–water partition coefficient (Wildman–Crippen LogP) is 3.71. The summed E-state index contributed by atoms with van der Waals surface area (Å²) in [5, 5.41) is 2.13. The number of halogens is 2. The summed E-state index contributed by atoms with van der Waals surface area (Å²) in [7, 11) is 0. The maximum Gasteiger partial charge on any atom is 0.230 e. The Balaban J connectivity index is 1.81. The maximum absolute atomic E-state index is 6.02. The van der Waals surface area contributed by atoms with Crippen LogP contribution < -0.4 is 4.90 Å². The number of nitrogens with zero attached hydrogens (tertiary/aromatic N) is 5. The van der Waals surface area contributed by atoms with Crippen molar-refractivity contribution in [1.82, 2.24) is 19.9 Å². The first-order valence-corrected chi connectivity index (χ1v) is 8.24. The van der Waals surface area contributed by atoms with Crippen LogP contribution in [0.2, 0.25) is 10.3 Å². The van der Waals surface area contributed by atoms with Gasteiger partial charge in [0.15, 0.2) is 5.16 Å². The molecular formula is C13H13Cl2N5S. The number of anilines is 1. The van der Waals surface area contributed by atoms with E-state index in [-0.39, 0.29) is 5.28 Å². The van der Waals surface area contributed by atoms with Gasteiger partial charge in [0.1, 0.15) is 5.03 Å².